The minimum atomic E-state index is 0.618. The Morgan fingerprint density at radius 3 is 2.22 bits per heavy atom. The van der Waals surface area contributed by atoms with Crippen LogP contribution in [0, 0.1) is 0 Å². The molecule has 2 aromatic carbocycles. The normalized spacial score (nSPS) is 14.2. The SMILES string of the molecule is COc1cc(CNc2cccc(CCN3CCCC3)c2)cc(OC)c1OC. The third-order valence-corrected chi connectivity index (χ3v) is 5.06. The number of likely N-dealkylation sites (tertiary alicyclic amines) is 1. The van der Waals surface area contributed by atoms with Crippen LogP contribution in [0.5, 0.6) is 17.2 Å². The van der Waals surface area contributed by atoms with Crippen molar-refractivity contribution in [1.29, 1.82) is 0 Å². The van der Waals surface area contributed by atoms with E-state index in [9.17, 15) is 0 Å². The lowest BCUT2D eigenvalue weighted by atomic mass is 10.1. The molecule has 146 valence electrons. The minimum absolute atomic E-state index is 0.618. The van der Waals surface area contributed by atoms with Crippen molar-refractivity contribution >= 4 is 5.69 Å². The zero-order valence-electron chi connectivity index (χ0n) is 16.6. The second-order valence-electron chi connectivity index (χ2n) is 6.89. The van der Waals surface area contributed by atoms with Gasteiger partial charge in [0.1, 0.15) is 0 Å². The maximum Gasteiger partial charge on any atom is 0.203 e. The minimum Gasteiger partial charge on any atom is -0.493 e. The third kappa shape index (κ3) is 5.07. The summed E-state index contributed by atoms with van der Waals surface area (Å²) < 4.78 is 16.3. The molecule has 0 spiro atoms. The van der Waals surface area contributed by atoms with Gasteiger partial charge in [-0.3, -0.25) is 0 Å². The Morgan fingerprint density at radius 1 is 0.889 bits per heavy atom. The number of ether oxygens (including phenoxy) is 3. The van der Waals surface area contributed by atoms with Crippen molar-refractivity contribution in [3.05, 3.63) is 47.5 Å². The summed E-state index contributed by atoms with van der Waals surface area (Å²) in [5, 5.41) is 3.50. The highest BCUT2D eigenvalue weighted by atomic mass is 16.5. The number of benzene rings is 2. The summed E-state index contributed by atoms with van der Waals surface area (Å²) >= 11 is 0. The molecule has 0 bridgehead atoms. The average Bonchev–Trinajstić information content (AvgIpc) is 3.23. The second kappa shape index (κ2) is 9.51. The van der Waals surface area contributed by atoms with Gasteiger partial charge >= 0.3 is 0 Å². The summed E-state index contributed by atoms with van der Waals surface area (Å²) in [5.74, 6) is 1.97. The first-order chi connectivity index (χ1) is 13.2. The largest absolute Gasteiger partial charge is 0.493 e. The van der Waals surface area contributed by atoms with Gasteiger partial charge < -0.3 is 24.4 Å². The van der Waals surface area contributed by atoms with E-state index in [1.165, 1.54) is 31.5 Å². The number of anilines is 1. The Balaban J connectivity index is 1.63. The number of nitrogens with zero attached hydrogens (tertiary/aromatic N) is 1. The monoisotopic (exact) mass is 370 g/mol. The first-order valence-electron chi connectivity index (χ1n) is 9.57. The highest BCUT2D eigenvalue weighted by Crippen LogP contribution is 2.38. The topological polar surface area (TPSA) is 43.0 Å². The Kier molecular flexibility index (Phi) is 6.82. The molecule has 1 saturated heterocycles. The summed E-state index contributed by atoms with van der Waals surface area (Å²) in [6, 6.07) is 12.6. The third-order valence-electron chi connectivity index (χ3n) is 5.06. The van der Waals surface area contributed by atoms with E-state index < -0.39 is 0 Å². The van der Waals surface area contributed by atoms with Crippen molar-refractivity contribution < 1.29 is 14.2 Å². The molecule has 5 heteroatoms. The van der Waals surface area contributed by atoms with E-state index in [2.05, 4.69) is 34.5 Å². The van der Waals surface area contributed by atoms with E-state index in [-0.39, 0.29) is 0 Å². The fraction of sp³-hybridized carbons (Fsp3) is 0.455. The first-order valence-corrected chi connectivity index (χ1v) is 9.57. The standard InChI is InChI=1S/C22H30N2O3/c1-25-20-14-18(15-21(26-2)22(20)27-3)16-23-19-8-6-7-17(13-19)9-12-24-10-4-5-11-24/h6-8,13-15,23H,4-5,9-12,16H2,1-3H3. The van der Waals surface area contributed by atoms with Crippen LogP contribution in [-0.4, -0.2) is 45.9 Å². The summed E-state index contributed by atoms with van der Waals surface area (Å²) in [6.07, 6.45) is 3.78. The molecule has 0 unspecified atom stereocenters. The van der Waals surface area contributed by atoms with Crippen LogP contribution in [0.2, 0.25) is 0 Å². The van der Waals surface area contributed by atoms with Crippen LogP contribution < -0.4 is 19.5 Å². The van der Waals surface area contributed by atoms with Gasteiger partial charge in [0.15, 0.2) is 11.5 Å². The van der Waals surface area contributed by atoms with Gasteiger partial charge in [-0.2, -0.15) is 0 Å². The Bertz CT molecular complexity index is 717. The van der Waals surface area contributed by atoms with E-state index in [0.717, 1.165) is 24.2 Å². The molecule has 2 aromatic rings. The quantitative estimate of drug-likeness (QED) is 0.724. The molecule has 27 heavy (non-hydrogen) atoms. The van der Waals surface area contributed by atoms with E-state index >= 15 is 0 Å². The van der Waals surface area contributed by atoms with Gasteiger partial charge in [-0.25, -0.2) is 0 Å². The fourth-order valence-electron chi connectivity index (χ4n) is 3.57. The summed E-state index contributed by atoms with van der Waals surface area (Å²) in [4.78, 5) is 2.55. The van der Waals surface area contributed by atoms with Gasteiger partial charge in [0.25, 0.3) is 0 Å². The first kappa shape index (κ1) is 19.4. The van der Waals surface area contributed by atoms with Crippen LogP contribution in [0.4, 0.5) is 5.69 Å². The molecule has 0 aliphatic carbocycles. The zero-order valence-corrected chi connectivity index (χ0v) is 16.6. The zero-order chi connectivity index (χ0) is 19.1. The van der Waals surface area contributed by atoms with Crippen molar-refractivity contribution in [2.24, 2.45) is 0 Å². The smallest absolute Gasteiger partial charge is 0.203 e. The van der Waals surface area contributed by atoms with Crippen LogP contribution in [0.3, 0.4) is 0 Å². The number of nitrogens with one attached hydrogen (secondary N) is 1. The molecule has 1 heterocycles. The lowest BCUT2D eigenvalue weighted by Gasteiger charge is -2.16. The molecular weight excluding hydrogens is 340 g/mol. The molecule has 5 nitrogen and oxygen atoms in total. The summed E-state index contributed by atoms with van der Waals surface area (Å²) in [6.45, 7) is 4.33. The molecule has 0 atom stereocenters. The molecule has 1 aliphatic rings. The molecular formula is C22H30N2O3. The van der Waals surface area contributed by atoms with Gasteiger partial charge in [-0.1, -0.05) is 12.1 Å². The van der Waals surface area contributed by atoms with Gasteiger partial charge in [-0.15, -0.1) is 0 Å². The van der Waals surface area contributed by atoms with E-state index in [0.29, 0.717) is 23.8 Å². The second-order valence-corrected chi connectivity index (χ2v) is 6.89. The van der Waals surface area contributed by atoms with E-state index in [1.54, 1.807) is 21.3 Å². The summed E-state index contributed by atoms with van der Waals surface area (Å²) in [7, 11) is 4.89. The Morgan fingerprint density at radius 2 is 1.59 bits per heavy atom. The van der Waals surface area contributed by atoms with E-state index in [1.807, 2.05) is 12.1 Å². The number of hydrogen-bond donors (Lipinski definition) is 1. The number of methoxy groups -OCH3 is 3. The van der Waals surface area contributed by atoms with Crippen molar-refractivity contribution in [1.82, 2.24) is 4.90 Å². The molecule has 1 aliphatic heterocycles. The summed E-state index contributed by atoms with van der Waals surface area (Å²) in [5.41, 5.74) is 3.58. The number of rotatable bonds is 9. The van der Waals surface area contributed by atoms with E-state index in [4.69, 9.17) is 14.2 Å². The number of hydrogen-bond acceptors (Lipinski definition) is 5. The fourth-order valence-corrected chi connectivity index (χ4v) is 3.57. The van der Waals surface area contributed by atoms with Crippen molar-refractivity contribution in [3.8, 4) is 17.2 Å². The van der Waals surface area contributed by atoms with Gasteiger partial charge in [0.2, 0.25) is 5.75 Å². The predicted molar refractivity (Wildman–Crippen MR) is 109 cm³/mol. The average molecular weight is 370 g/mol. The van der Waals surface area contributed by atoms with Crippen LogP contribution >= 0.6 is 0 Å². The predicted octanol–water partition coefficient (Wildman–Crippen LogP) is 3.96. The van der Waals surface area contributed by atoms with Crippen molar-refractivity contribution in [2.45, 2.75) is 25.8 Å². The molecule has 0 saturated carbocycles. The molecule has 1 fully saturated rings. The Labute approximate surface area is 162 Å². The Hall–Kier alpha value is -2.40. The maximum absolute atomic E-state index is 5.43. The van der Waals surface area contributed by atoms with Gasteiger partial charge in [0, 0.05) is 18.8 Å². The van der Waals surface area contributed by atoms with Crippen molar-refractivity contribution in [2.75, 3.05) is 46.3 Å². The highest BCUT2D eigenvalue weighted by Gasteiger charge is 2.13. The molecule has 1 N–H and O–H groups in total. The van der Waals surface area contributed by atoms with Crippen LogP contribution in [-0.2, 0) is 13.0 Å². The van der Waals surface area contributed by atoms with Crippen LogP contribution in [0.15, 0.2) is 36.4 Å². The van der Waals surface area contributed by atoms with Gasteiger partial charge in [-0.05, 0) is 67.7 Å². The van der Waals surface area contributed by atoms with Crippen LogP contribution in [0.1, 0.15) is 24.0 Å². The molecule has 3 rings (SSSR count). The molecule has 0 aromatic heterocycles. The molecule has 0 radical (unpaired) electrons. The lowest BCUT2D eigenvalue weighted by molar-refractivity contribution is 0.324. The van der Waals surface area contributed by atoms with Crippen molar-refractivity contribution in [3.63, 3.8) is 0 Å². The van der Waals surface area contributed by atoms with Gasteiger partial charge in [0.05, 0.1) is 21.3 Å². The lowest BCUT2D eigenvalue weighted by Crippen LogP contribution is -2.21. The highest BCUT2D eigenvalue weighted by molar-refractivity contribution is 5.55. The van der Waals surface area contributed by atoms with Crippen LogP contribution in [0.25, 0.3) is 0 Å². The molecule has 0 amide bonds. The maximum atomic E-state index is 5.43.